The number of halogens is 1. The van der Waals surface area contributed by atoms with Gasteiger partial charge in [0.15, 0.2) is 0 Å². The Morgan fingerprint density at radius 2 is 2.18 bits per heavy atom. The molecule has 0 N–H and O–H groups in total. The number of hydrogen-bond donors (Lipinski definition) is 0. The summed E-state index contributed by atoms with van der Waals surface area (Å²) in [4.78, 5) is 8.13. The van der Waals surface area contributed by atoms with Gasteiger partial charge < -0.3 is 0 Å². The molecule has 2 aromatic rings. The molecule has 0 aliphatic rings. The first-order valence-corrected chi connectivity index (χ1v) is 9.91. The molecule has 0 spiro atoms. The molecule has 1 unspecified atom stereocenters. The number of hydrogen-bond acceptors (Lipinski definition) is 4. The number of sulfone groups is 1. The first kappa shape index (κ1) is 17.1. The average molecular weight is 427 g/mol. The summed E-state index contributed by atoms with van der Waals surface area (Å²) in [6.45, 7) is 6.62. The molecular weight excluding hydrogens is 412 g/mol. The summed E-state index contributed by atoms with van der Waals surface area (Å²) in [7, 11) is -3.65. The van der Waals surface area contributed by atoms with Gasteiger partial charge in [-0.25, -0.2) is 0 Å². The van der Waals surface area contributed by atoms with Crippen molar-refractivity contribution in [2.24, 2.45) is 0 Å². The Bertz CT molecular complexity index is 885. The van der Waals surface area contributed by atoms with Crippen LogP contribution in [-0.4, -0.2) is 51.6 Å². The molecule has 22 heavy (non-hydrogen) atoms. The maximum absolute atomic E-state index is 14.5. The van der Waals surface area contributed by atoms with Gasteiger partial charge in [-0.15, -0.1) is 0 Å². The summed E-state index contributed by atoms with van der Waals surface area (Å²) in [6.07, 6.45) is 5.16. The Hall–Kier alpha value is -1.22. The quantitative estimate of drug-likeness (QED) is 0.554. The van der Waals surface area contributed by atoms with Crippen molar-refractivity contribution in [1.82, 2.24) is 14.4 Å². The van der Waals surface area contributed by atoms with Crippen LogP contribution in [0.25, 0.3) is 11.2 Å². The Balaban J connectivity index is 2.96. The Morgan fingerprint density at radius 1 is 1.55 bits per heavy atom. The van der Waals surface area contributed by atoms with Gasteiger partial charge in [-0.3, -0.25) is 0 Å². The van der Waals surface area contributed by atoms with Crippen LogP contribution in [0.2, 0.25) is 0 Å². The van der Waals surface area contributed by atoms with Crippen molar-refractivity contribution in [3.8, 4) is 0 Å². The van der Waals surface area contributed by atoms with Crippen molar-refractivity contribution in [3.05, 3.63) is 40.5 Å². The first-order chi connectivity index (χ1) is 10.1. The van der Waals surface area contributed by atoms with E-state index < -0.39 is 15.5 Å². The second-order valence-electron chi connectivity index (χ2n) is 5.15. The van der Waals surface area contributed by atoms with E-state index in [-0.39, 0.29) is 16.4 Å². The van der Waals surface area contributed by atoms with Gasteiger partial charge in [-0.1, -0.05) is 0 Å². The van der Waals surface area contributed by atoms with E-state index >= 15 is 0 Å². The Kier molecular flexibility index (Phi) is 4.49. The van der Waals surface area contributed by atoms with Crippen LogP contribution in [0, 0.1) is 0 Å². The number of rotatable bonds is 4. The van der Waals surface area contributed by atoms with Gasteiger partial charge in [0, 0.05) is 0 Å². The van der Waals surface area contributed by atoms with Gasteiger partial charge in [0.1, 0.15) is 0 Å². The fourth-order valence-corrected chi connectivity index (χ4v) is 3.08. The van der Waals surface area contributed by atoms with E-state index in [1.165, 1.54) is 35.6 Å². The van der Waals surface area contributed by atoms with Crippen molar-refractivity contribution < 1.29 is 12.8 Å². The normalized spacial score (nSPS) is 15.8. The predicted molar refractivity (Wildman–Crippen MR) is 84.2 cm³/mol. The zero-order chi connectivity index (χ0) is 16.7. The molecule has 3 radical (unpaired) electrons. The summed E-state index contributed by atoms with van der Waals surface area (Å²) in [5.74, 6) is 0. The molecule has 0 bridgehead atoms. The van der Waals surface area contributed by atoms with Gasteiger partial charge in [0.2, 0.25) is 0 Å². The number of alkyl halides is 1. The first-order valence-electron chi connectivity index (χ1n) is 6.37. The van der Waals surface area contributed by atoms with Crippen molar-refractivity contribution in [1.29, 1.82) is 0 Å². The molecule has 115 valence electrons. The van der Waals surface area contributed by atoms with Crippen molar-refractivity contribution >= 4 is 43.6 Å². The summed E-state index contributed by atoms with van der Waals surface area (Å²) < 4.78 is 42.0. The zero-order valence-corrected chi connectivity index (χ0v) is 16.1. The third-order valence-electron chi connectivity index (χ3n) is 3.32. The fraction of sp³-hybridized carbons (Fsp3) is 0.286. The van der Waals surface area contributed by atoms with Crippen LogP contribution in [0.5, 0.6) is 0 Å². The molecule has 0 aliphatic carbocycles. The van der Waals surface area contributed by atoms with E-state index in [2.05, 4.69) is 16.5 Å². The number of aromatic nitrogens is 3. The van der Waals surface area contributed by atoms with Gasteiger partial charge in [0.25, 0.3) is 0 Å². The molecular formula is C14H15FN3O2SSn. The Labute approximate surface area is 142 Å². The predicted octanol–water partition coefficient (Wildman–Crippen LogP) is 2.03. The standard InChI is InChI=1S/C14H15FN3O2S.Sn/c1-6-14(4,15)11-8-18-10(9(2)3)7-16-12(18)13(17-11)21(5,19)20;/h2,6-8H,1H2,3-5H3;. The van der Waals surface area contributed by atoms with Crippen LogP contribution < -0.4 is 0 Å². The molecule has 0 saturated heterocycles. The minimum atomic E-state index is -3.65. The Morgan fingerprint density at radius 3 is 2.68 bits per heavy atom. The zero-order valence-electron chi connectivity index (χ0n) is 12.5. The van der Waals surface area contributed by atoms with E-state index in [9.17, 15) is 12.8 Å². The number of allylic oxidation sites excluding steroid dienone is 2. The molecule has 2 aromatic heterocycles. The van der Waals surface area contributed by atoms with E-state index in [0.29, 0.717) is 5.69 Å². The second-order valence-corrected chi connectivity index (χ2v) is 7.90. The van der Waals surface area contributed by atoms with Gasteiger partial charge in [0.05, 0.1) is 0 Å². The van der Waals surface area contributed by atoms with E-state index in [1.807, 2.05) is 11.0 Å². The number of nitrogens with zero attached hydrogens (tertiary/aromatic N) is 3. The average Bonchev–Trinajstić information content (AvgIpc) is 2.88. The van der Waals surface area contributed by atoms with Crippen LogP contribution in [0.4, 0.5) is 4.39 Å². The van der Waals surface area contributed by atoms with Crippen molar-refractivity contribution in [2.45, 2.75) is 24.5 Å². The van der Waals surface area contributed by atoms with E-state index in [4.69, 9.17) is 0 Å². The number of fused-ring (bicyclic) bond motifs is 1. The summed E-state index contributed by atoms with van der Waals surface area (Å²) in [5.41, 5.74) is -0.128. The third kappa shape index (κ3) is 2.96. The van der Waals surface area contributed by atoms with Gasteiger partial charge >= 0.3 is 142 Å². The molecule has 0 aliphatic heterocycles. The van der Waals surface area contributed by atoms with Crippen LogP contribution in [0.3, 0.4) is 0 Å². The van der Waals surface area contributed by atoms with E-state index in [1.54, 1.807) is 10.6 Å². The molecule has 1 atom stereocenters. The van der Waals surface area contributed by atoms with Gasteiger partial charge in [-0.2, -0.15) is 0 Å². The molecule has 5 nitrogen and oxygen atoms in total. The summed E-state index contributed by atoms with van der Waals surface area (Å²) in [5, 5.41) is -0.237. The monoisotopic (exact) mass is 428 g/mol. The fourth-order valence-electron chi connectivity index (χ4n) is 1.91. The minimum absolute atomic E-state index is 0.0217. The van der Waals surface area contributed by atoms with Crippen molar-refractivity contribution in [3.63, 3.8) is 0 Å². The van der Waals surface area contributed by atoms with E-state index in [0.717, 1.165) is 17.9 Å². The SMILES string of the molecule is C=CC(C)(F)c1cn2c(/C(C)=[CH]/[Sn])cnc2c(S(C)(=O)=O)n1. The van der Waals surface area contributed by atoms with Crippen LogP contribution in [0.1, 0.15) is 25.2 Å². The second kappa shape index (κ2) is 5.77. The van der Waals surface area contributed by atoms with Crippen molar-refractivity contribution in [2.75, 3.05) is 6.26 Å². The van der Waals surface area contributed by atoms with Crippen LogP contribution >= 0.6 is 0 Å². The summed E-state index contributed by atoms with van der Waals surface area (Å²) in [6, 6.07) is 0. The number of imidazole rings is 1. The third-order valence-corrected chi connectivity index (χ3v) is 5.53. The topological polar surface area (TPSA) is 64.3 Å². The van der Waals surface area contributed by atoms with Gasteiger partial charge in [-0.05, 0) is 0 Å². The molecule has 2 rings (SSSR count). The molecule has 0 amide bonds. The molecule has 0 fully saturated rings. The molecule has 2 heterocycles. The molecule has 0 aromatic carbocycles. The molecule has 8 heteroatoms. The summed E-state index contributed by atoms with van der Waals surface area (Å²) >= 11 is 1.20. The maximum atomic E-state index is 14.5. The molecule has 0 saturated carbocycles. The van der Waals surface area contributed by atoms with Crippen LogP contribution in [0.15, 0.2) is 34.2 Å². The van der Waals surface area contributed by atoms with Crippen LogP contribution in [-0.2, 0) is 15.5 Å².